The maximum Gasteiger partial charge on any atom is 0.262 e. The van der Waals surface area contributed by atoms with Crippen LogP contribution in [0.5, 0.6) is 0 Å². The molecule has 18 heavy (non-hydrogen) atoms. The molecule has 0 bridgehead atoms. The van der Waals surface area contributed by atoms with E-state index in [2.05, 4.69) is 20.2 Å². The number of nitrogens with two attached hydrogens (primary N) is 1. The van der Waals surface area contributed by atoms with Crippen LogP contribution < -0.4 is 5.73 Å². The number of hydrogen-bond donors (Lipinski definition) is 2. The summed E-state index contributed by atoms with van der Waals surface area (Å²) in [6.45, 7) is 0.0678. The van der Waals surface area contributed by atoms with Crippen LogP contribution >= 0.6 is 0 Å². The summed E-state index contributed by atoms with van der Waals surface area (Å²) in [7, 11) is -2.31. The van der Waals surface area contributed by atoms with Gasteiger partial charge in [0, 0.05) is 13.2 Å². The third-order valence-electron chi connectivity index (χ3n) is 2.29. The van der Waals surface area contributed by atoms with E-state index in [-0.39, 0.29) is 17.3 Å². The van der Waals surface area contributed by atoms with Crippen molar-refractivity contribution in [1.29, 1.82) is 0 Å². The standard InChI is InChI=1S/C9H12N6O2S/c1-15(5-8-12-6-13-14-8)18(16,17)9-7(10)3-2-4-11-9/h2-4,6H,5,10H2,1H3,(H,12,13,14). The Morgan fingerprint density at radius 1 is 1.44 bits per heavy atom. The first kappa shape index (κ1) is 12.5. The molecule has 0 aliphatic carbocycles. The smallest absolute Gasteiger partial charge is 0.262 e. The highest BCUT2D eigenvalue weighted by molar-refractivity contribution is 7.89. The molecule has 0 amide bonds. The Balaban J connectivity index is 2.29. The molecule has 0 radical (unpaired) electrons. The van der Waals surface area contributed by atoms with Gasteiger partial charge >= 0.3 is 0 Å². The Bertz CT molecular complexity index is 624. The molecule has 0 aromatic carbocycles. The molecule has 3 N–H and O–H groups in total. The number of nitrogen functional groups attached to an aromatic ring is 1. The van der Waals surface area contributed by atoms with E-state index in [1.54, 1.807) is 6.07 Å². The van der Waals surface area contributed by atoms with Gasteiger partial charge in [-0.1, -0.05) is 0 Å². The number of hydrogen-bond acceptors (Lipinski definition) is 6. The molecule has 0 aliphatic rings. The number of rotatable bonds is 4. The number of aromatic amines is 1. The molecule has 2 aromatic rings. The third kappa shape index (κ3) is 2.31. The van der Waals surface area contributed by atoms with Crippen LogP contribution in [0.25, 0.3) is 0 Å². The van der Waals surface area contributed by atoms with Crippen LogP contribution in [0.15, 0.2) is 29.7 Å². The first-order valence-corrected chi connectivity index (χ1v) is 6.47. The highest BCUT2D eigenvalue weighted by Gasteiger charge is 2.25. The lowest BCUT2D eigenvalue weighted by atomic mass is 10.4. The van der Waals surface area contributed by atoms with E-state index in [4.69, 9.17) is 5.73 Å². The second kappa shape index (κ2) is 4.70. The molecule has 0 atom stereocenters. The maximum absolute atomic E-state index is 12.2. The van der Waals surface area contributed by atoms with E-state index in [1.165, 1.54) is 25.6 Å². The summed E-state index contributed by atoms with van der Waals surface area (Å²) in [5.74, 6) is 0.440. The number of nitrogens with one attached hydrogen (secondary N) is 1. The summed E-state index contributed by atoms with van der Waals surface area (Å²) >= 11 is 0. The van der Waals surface area contributed by atoms with E-state index in [9.17, 15) is 8.42 Å². The summed E-state index contributed by atoms with van der Waals surface area (Å²) in [5, 5.41) is 6.08. The van der Waals surface area contributed by atoms with E-state index < -0.39 is 10.0 Å². The maximum atomic E-state index is 12.2. The van der Waals surface area contributed by atoms with Crippen LogP contribution in [-0.2, 0) is 16.6 Å². The molecule has 0 spiro atoms. The Morgan fingerprint density at radius 3 is 2.83 bits per heavy atom. The van der Waals surface area contributed by atoms with E-state index in [0.717, 1.165) is 4.31 Å². The molecule has 0 unspecified atom stereocenters. The number of pyridine rings is 1. The molecule has 2 heterocycles. The van der Waals surface area contributed by atoms with Crippen molar-refractivity contribution in [3.8, 4) is 0 Å². The third-order valence-corrected chi connectivity index (χ3v) is 4.07. The zero-order valence-corrected chi connectivity index (χ0v) is 10.4. The van der Waals surface area contributed by atoms with Crippen LogP contribution in [-0.4, -0.2) is 39.9 Å². The predicted molar refractivity (Wildman–Crippen MR) is 63.7 cm³/mol. The van der Waals surface area contributed by atoms with Crippen LogP contribution in [0.1, 0.15) is 5.82 Å². The van der Waals surface area contributed by atoms with Crippen LogP contribution in [0.2, 0.25) is 0 Å². The fraction of sp³-hybridized carbons (Fsp3) is 0.222. The van der Waals surface area contributed by atoms with Crippen LogP contribution in [0, 0.1) is 0 Å². The molecule has 96 valence electrons. The fourth-order valence-corrected chi connectivity index (χ4v) is 2.52. The first-order valence-electron chi connectivity index (χ1n) is 5.03. The van der Waals surface area contributed by atoms with Gasteiger partial charge in [0.2, 0.25) is 0 Å². The van der Waals surface area contributed by atoms with Crippen molar-refractivity contribution in [2.45, 2.75) is 11.6 Å². The van der Waals surface area contributed by atoms with Gasteiger partial charge in [-0.05, 0) is 12.1 Å². The monoisotopic (exact) mass is 268 g/mol. The summed E-state index contributed by atoms with van der Waals surface area (Å²) in [4.78, 5) is 7.66. The second-order valence-electron chi connectivity index (χ2n) is 3.59. The Labute approximate surface area is 104 Å². The van der Waals surface area contributed by atoms with Crippen molar-refractivity contribution < 1.29 is 8.42 Å². The minimum atomic E-state index is -3.74. The van der Waals surface area contributed by atoms with Gasteiger partial charge in [0.05, 0.1) is 12.2 Å². The number of sulfonamides is 1. The van der Waals surface area contributed by atoms with Crippen molar-refractivity contribution in [2.75, 3.05) is 12.8 Å². The Morgan fingerprint density at radius 2 is 2.22 bits per heavy atom. The van der Waals surface area contributed by atoms with Crippen molar-refractivity contribution in [1.82, 2.24) is 24.5 Å². The Kier molecular flexibility index (Phi) is 3.26. The topological polar surface area (TPSA) is 118 Å². The summed E-state index contributed by atoms with van der Waals surface area (Å²) in [6.07, 6.45) is 2.69. The van der Waals surface area contributed by atoms with Gasteiger partial charge < -0.3 is 5.73 Å². The average molecular weight is 268 g/mol. The molecule has 2 rings (SSSR count). The molecule has 0 aliphatic heterocycles. The molecule has 2 aromatic heterocycles. The highest BCUT2D eigenvalue weighted by atomic mass is 32.2. The van der Waals surface area contributed by atoms with Gasteiger partial charge in [0.25, 0.3) is 10.0 Å². The Hall–Kier alpha value is -2.00. The highest BCUT2D eigenvalue weighted by Crippen LogP contribution is 2.18. The summed E-state index contributed by atoms with van der Waals surface area (Å²) in [5.41, 5.74) is 5.73. The van der Waals surface area contributed by atoms with Gasteiger partial charge in [-0.15, -0.1) is 0 Å². The zero-order valence-electron chi connectivity index (χ0n) is 9.61. The van der Waals surface area contributed by atoms with E-state index >= 15 is 0 Å². The number of anilines is 1. The number of H-pyrrole nitrogens is 1. The summed E-state index contributed by atoms with van der Waals surface area (Å²) < 4.78 is 25.5. The van der Waals surface area contributed by atoms with Crippen molar-refractivity contribution >= 4 is 15.7 Å². The minimum Gasteiger partial charge on any atom is -0.396 e. The van der Waals surface area contributed by atoms with Gasteiger partial charge in [-0.25, -0.2) is 18.4 Å². The first-order chi connectivity index (χ1) is 8.51. The lowest BCUT2D eigenvalue weighted by Gasteiger charge is -2.15. The molecule has 8 nitrogen and oxygen atoms in total. The molecular formula is C9H12N6O2S. The molecular weight excluding hydrogens is 256 g/mol. The number of nitrogens with zero attached hydrogens (tertiary/aromatic N) is 4. The van der Waals surface area contributed by atoms with Gasteiger partial charge in [0.1, 0.15) is 12.2 Å². The zero-order chi connectivity index (χ0) is 13.2. The van der Waals surface area contributed by atoms with Gasteiger partial charge in [-0.2, -0.15) is 9.40 Å². The molecule has 0 saturated heterocycles. The fourth-order valence-electron chi connectivity index (χ4n) is 1.37. The van der Waals surface area contributed by atoms with Crippen molar-refractivity contribution in [3.05, 3.63) is 30.5 Å². The summed E-state index contributed by atoms with van der Waals surface area (Å²) in [6, 6.07) is 3.06. The van der Waals surface area contributed by atoms with Gasteiger partial charge in [-0.3, -0.25) is 5.10 Å². The molecule has 9 heteroatoms. The quantitative estimate of drug-likeness (QED) is 0.779. The lowest BCUT2D eigenvalue weighted by molar-refractivity contribution is 0.455. The number of aromatic nitrogens is 4. The van der Waals surface area contributed by atoms with Crippen molar-refractivity contribution in [3.63, 3.8) is 0 Å². The normalized spacial score (nSPS) is 11.9. The molecule has 0 fully saturated rings. The lowest BCUT2D eigenvalue weighted by Crippen LogP contribution is -2.28. The van der Waals surface area contributed by atoms with Crippen molar-refractivity contribution in [2.24, 2.45) is 0 Å². The largest absolute Gasteiger partial charge is 0.396 e. The van der Waals surface area contributed by atoms with Gasteiger partial charge in [0.15, 0.2) is 5.03 Å². The minimum absolute atomic E-state index is 0.0678. The molecule has 0 saturated carbocycles. The SMILES string of the molecule is CN(Cc1ncn[nH]1)S(=O)(=O)c1ncccc1N. The van der Waals surface area contributed by atoms with E-state index in [0.29, 0.717) is 5.82 Å². The average Bonchev–Trinajstić information content (AvgIpc) is 2.82. The van der Waals surface area contributed by atoms with Crippen LogP contribution in [0.3, 0.4) is 0 Å². The predicted octanol–water partition coefficient (Wildman–Crippen LogP) is -0.397. The second-order valence-corrected chi connectivity index (χ2v) is 5.55. The van der Waals surface area contributed by atoms with E-state index in [1.807, 2.05) is 0 Å². The van der Waals surface area contributed by atoms with Crippen LogP contribution in [0.4, 0.5) is 5.69 Å².